The molecule has 4 rings (SSSR count). The van der Waals surface area contributed by atoms with Crippen LogP contribution in [-0.2, 0) is 11.3 Å². The molecule has 2 aromatic carbocycles. The lowest BCUT2D eigenvalue weighted by molar-refractivity contribution is -0.133. The molecule has 1 aromatic heterocycles. The Morgan fingerprint density at radius 1 is 0.893 bits per heavy atom. The van der Waals surface area contributed by atoms with Crippen LogP contribution >= 0.6 is 0 Å². The van der Waals surface area contributed by atoms with E-state index in [1.54, 1.807) is 4.68 Å². The van der Waals surface area contributed by atoms with Crippen LogP contribution in [0.15, 0.2) is 67.0 Å². The van der Waals surface area contributed by atoms with Crippen molar-refractivity contribution in [1.82, 2.24) is 30.0 Å². The monoisotopic (exact) mass is 376 g/mol. The number of rotatable bonds is 6. The third-order valence-corrected chi connectivity index (χ3v) is 5.21. The van der Waals surface area contributed by atoms with Gasteiger partial charge < -0.3 is 4.90 Å². The average molecular weight is 376 g/mol. The summed E-state index contributed by atoms with van der Waals surface area (Å²) >= 11 is 0. The SMILES string of the molecule is O=C(CCn1cnnn1)N1CCN(C(c2ccccc2)c2ccccc2)CC1. The fraction of sp³-hybridized carbons (Fsp3) is 0.333. The second kappa shape index (κ2) is 8.75. The number of aryl methyl sites for hydroxylation is 1. The highest BCUT2D eigenvalue weighted by molar-refractivity contribution is 5.76. The number of amides is 1. The molecule has 3 aromatic rings. The van der Waals surface area contributed by atoms with Gasteiger partial charge in [-0.1, -0.05) is 60.7 Å². The Labute approximate surface area is 164 Å². The molecular formula is C21H24N6O. The molecule has 2 heterocycles. The molecule has 28 heavy (non-hydrogen) atoms. The number of nitrogens with zero attached hydrogens (tertiary/aromatic N) is 6. The van der Waals surface area contributed by atoms with Crippen molar-refractivity contribution in [3.05, 3.63) is 78.1 Å². The molecule has 1 saturated heterocycles. The van der Waals surface area contributed by atoms with E-state index in [1.807, 2.05) is 17.0 Å². The summed E-state index contributed by atoms with van der Waals surface area (Å²) in [4.78, 5) is 17.0. The van der Waals surface area contributed by atoms with E-state index in [9.17, 15) is 4.79 Å². The Balaban J connectivity index is 1.41. The van der Waals surface area contributed by atoms with Gasteiger partial charge in [0.25, 0.3) is 0 Å². The first-order valence-corrected chi connectivity index (χ1v) is 9.64. The number of hydrogen-bond donors (Lipinski definition) is 0. The summed E-state index contributed by atoms with van der Waals surface area (Å²) in [7, 11) is 0. The maximum absolute atomic E-state index is 12.5. The molecule has 0 unspecified atom stereocenters. The first kappa shape index (κ1) is 18.3. The molecule has 0 N–H and O–H groups in total. The zero-order chi connectivity index (χ0) is 19.2. The van der Waals surface area contributed by atoms with Crippen LogP contribution in [0, 0.1) is 0 Å². The van der Waals surface area contributed by atoms with Gasteiger partial charge in [-0.05, 0) is 21.6 Å². The first-order chi connectivity index (χ1) is 13.8. The number of carbonyl (C=O) groups is 1. The second-order valence-corrected chi connectivity index (χ2v) is 6.96. The van der Waals surface area contributed by atoms with E-state index in [1.165, 1.54) is 17.5 Å². The summed E-state index contributed by atoms with van der Waals surface area (Å²) in [6, 6.07) is 21.4. The van der Waals surface area contributed by atoms with Crippen LogP contribution in [0.5, 0.6) is 0 Å². The first-order valence-electron chi connectivity index (χ1n) is 9.64. The Morgan fingerprint density at radius 2 is 1.50 bits per heavy atom. The largest absolute Gasteiger partial charge is 0.340 e. The molecule has 1 aliphatic rings. The van der Waals surface area contributed by atoms with E-state index < -0.39 is 0 Å². The minimum absolute atomic E-state index is 0.158. The summed E-state index contributed by atoms with van der Waals surface area (Å²) in [5.41, 5.74) is 2.57. The topological polar surface area (TPSA) is 67.2 Å². The minimum Gasteiger partial charge on any atom is -0.340 e. The quantitative estimate of drug-likeness (QED) is 0.658. The van der Waals surface area contributed by atoms with Gasteiger partial charge in [0.15, 0.2) is 0 Å². The average Bonchev–Trinajstić information content (AvgIpc) is 3.28. The smallest absolute Gasteiger partial charge is 0.224 e. The van der Waals surface area contributed by atoms with Gasteiger partial charge in [0.2, 0.25) is 5.91 Å². The van der Waals surface area contributed by atoms with E-state index in [4.69, 9.17) is 0 Å². The molecule has 7 nitrogen and oxygen atoms in total. The lowest BCUT2D eigenvalue weighted by atomic mass is 9.96. The summed E-state index contributed by atoms with van der Waals surface area (Å²) in [6.45, 7) is 3.70. The molecule has 0 radical (unpaired) electrons. The fourth-order valence-corrected chi connectivity index (χ4v) is 3.77. The van der Waals surface area contributed by atoms with E-state index in [-0.39, 0.29) is 11.9 Å². The summed E-state index contributed by atoms with van der Waals surface area (Å²) in [6.07, 6.45) is 1.96. The maximum atomic E-state index is 12.5. The Hall–Kier alpha value is -3.06. The number of aromatic nitrogens is 4. The number of hydrogen-bond acceptors (Lipinski definition) is 5. The molecule has 0 spiro atoms. The number of benzene rings is 2. The molecular weight excluding hydrogens is 352 g/mol. The predicted molar refractivity (Wildman–Crippen MR) is 105 cm³/mol. The van der Waals surface area contributed by atoms with Crippen molar-refractivity contribution in [1.29, 1.82) is 0 Å². The van der Waals surface area contributed by atoms with Crippen molar-refractivity contribution in [3.8, 4) is 0 Å². The van der Waals surface area contributed by atoms with Crippen LogP contribution in [0.1, 0.15) is 23.6 Å². The maximum Gasteiger partial charge on any atom is 0.224 e. The molecule has 0 atom stereocenters. The molecule has 0 bridgehead atoms. The van der Waals surface area contributed by atoms with E-state index in [2.05, 4.69) is 69.0 Å². The molecule has 1 fully saturated rings. The summed E-state index contributed by atoms with van der Waals surface area (Å²) in [5, 5.41) is 11.0. The van der Waals surface area contributed by atoms with Crippen molar-refractivity contribution >= 4 is 5.91 Å². The van der Waals surface area contributed by atoms with E-state index >= 15 is 0 Å². The molecule has 144 valence electrons. The van der Waals surface area contributed by atoms with Crippen molar-refractivity contribution in [2.75, 3.05) is 26.2 Å². The van der Waals surface area contributed by atoms with Gasteiger partial charge in [-0.15, -0.1) is 5.10 Å². The Morgan fingerprint density at radius 3 is 2.04 bits per heavy atom. The van der Waals surface area contributed by atoms with E-state index in [0.29, 0.717) is 13.0 Å². The lowest BCUT2D eigenvalue weighted by Crippen LogP contribution is -2.50. The van der Waals surface area contributed by atoms with Crippen LogP contribution in [0.3, 0.4) is 0 Å². The van der Waals surface area contributed by atoms with E-state index in [0.717, 1.165) is 26.2 Å². The highest BCUT2D eigenvalue weighted by Crippen LogP contribution is 2.29. The van der Waals surface area contributed by atoms with Crippen molar-refractivity contribution in [3.63, 3.8) is 0 Å². The second-order valence-electron chi connectivity index (χ2n) is 6.96. The summed E-state index contributed by atoms with van der Waals surface area (Å²) < 4.78 is 1.59. The van der Waals surface area contributed by atoms with Crippen LogP contribution in [0.2, 0.25) is 0 Å². The van der Waals surface area contributed by atoms with Gasteiger partial charge >= 0.3 is 0 Å². The van der Waals surface area contributed by atoms with Gasteiger partial charge in [0.1, 0.15) is 6.33 Å². The zero-order valence-corrected chi connectivity index (χ0v) is 15.8. The highest BCUT2D eigenvalue weighted by Gasteiger charge is 2.27. The standard InChI is InChI=1S/C21H24N6O/c28-20(11-12-27-17-22-23-24-27)25-13-15-26(16-14-25)21(18-7-3-1-4-8-18)19-9-5-2-6-10-19/h1-10,17,21H,11-16H2. The number of piperazine rings is 1. The molecule has 1 amide bonds. The lowest BCUT2D eigenvalue weighted by Gasteiger charge is -2.39. The van der Waals surface area contributed by atoms with Gasteiger partial charge in [-0.3, -0.25) is 9.69 Å². The number of tetrazole rings is 1. The van der Waals surface area contributed by atoms with Crippen LogP contribution in [-0.4, -0.2) is 62.1 Å². The minimum atomic E-state index is 0.158. The van der Waals surface area contributed by atoms with Gasteiger partial charge in [0.05, 0.1) is 12.6 Å². The molecule has 7 heteroatoms. The van der Waals surface area contributed by atoms with Gasteiger partial charge in [-0.2, -0.15) is 0 Å². The van der Waals surface area contributed by atoms with Crippen LogP contribution in [0.4, 0.5) is 0 Å². The number of carbonyl (C=O) groups excluding carboxylic acids is 1. The van der Waals surface area contributed by atoms with Gasteiger partial charge in [-0.25, -0.2) is 4.68 Å². The highest BCUT2D eigenvalue weighted by atomic mass is 16.2. The fourth-order valence-electron chi connectivity index (χ4n) is 3.77. The Kier molecular flexibility index (Phi) is 5.72. The van der Waals surface area contributed by atoms with Crippen molar-refractivity contribution in [2.45, 2.75) is 19.0 Å². The predicted octanol–water partition coefficient (Wildman–Crippen LogP) is 2.00. The molecule has 0 saturated carbocycles. The van der Waals surface area contributed by atoms with Gasteiger partial charge in [0, 0.05) is 32.6 Å². The third kappa shape index (κ3) is 4.26. The Bertz CT molecular complexity index is 821. The van der Waals surface area contributed by atoms with Crippen LogP contribution in [0.25, 0.3) is 0 Å². The van der Waals surface area contributed by atoms with Crippen LogP contribution < -0.4 is 0 Å². The third-order valence-electron chi connectivity index (χ3n) is 5.21. The normalized spacial score (nSPS) is 15.1. The zero-order valence-electron chi connectivity index (χ0n) is 15.8. The summed E-state index contributed by atoms with van der Waals surface area (Å²) in [5.74, 6) is 0.158. The van der Waals surface area contributed by atoms with Crippen molar-refractivity contribution in [2.24, 2.45) is 0 Å². The van der Waals surface area contributed by atoms with Crippen molar-refractivity contribution < 1.29 is 4.79 Å². The molecule has 0 aliphatic carbocycles. The molecule has 1 aliphatic heterocycles.